The third-order valence-corrected chi connectivity index (χ3v) is 2.48. The van der Waals surface area contributed by atoms with Crippen LogP contribution >= 0.6 is 0 Å². The van der Waals surface area contributed by atoms with Gasteiger partial charge in [0.25, 0.3) is 0 Å². The van der Waals surface area contributed by atoms with Crippen molar-refractivity contribution in [1.29, 1.82) is 0 Å². The minimum absolute atomic E-state index is 0.162. The summed E-state index contributed by atoms with van der Waals surface area (Å²) in [5.41, 5.74) is 7.31. The summed E-state index contributed by atoms with van der Waals surface area (Å²) in [6.45, 7) is 1.88. The topological polar surface area (TPSA) is 83.8 Å². The van der Waals surface area contributed by atoms with Crippen molar-refractivity contribution in [3.63, 3.8) is 0 Å². The predicted molar refractivity (Wildman–Crippen MR) is 63.0 cm³/mol. The van der Waals surface area contributed by atoms with E-state index in [2.05, 4.69) is 15.5 Å². The Kier molecular flexibility index (Phi) is 2.87. The second-order valence-electron chi connectivity index (χ2n) is 3.68. The Morgan fingerprint density at radius 2 is 2.44 bits per heavy atom. The van der Waals surface area contributed by atoms with Gasteiger partial charge in [-0.25, -0.2) is 0 Å². The van der Waals surface area contributed by atoms with Gasteiger partial charge < -0.3 is 11.1 Å². The third kappa shape index (κ3) is 2.04. The highest BCUT2D eigenvalue weighted by atomic mass is 16.2. The molecule has 1 atom stereocenters. The number of fused-ring (bicyclic) bond motifs is 1. The highest BCUT2D eigenvalue weighted by Gasteiger charge is 2.10. The van der Waals surface area contributed by atoms with Crippen molar-refractivity contribution in [1.82, 2.24) is 10.2 Å². The summed E-state index contributed by atoms with van der Waals surface area (Å²) in [5.74, 6) is -0.162. The van der Waals surface area contributed by atoms with Crippen LogP contribution < -0.4 is 11.1 Å². The highest BCUT2D eigenvalue weighted by molar-refractivity contribution is 5.96. The zero-order chi connectivity index (χ0) is 11.5. The maximum absolute atomic E-state index is 11.6. The second kappa shape index (κ2) is 4.32. The monoisotopic (exact) mass is 218 g/mol. The maximum Gasteiger partial charge on any atom is 0.241 e. The molecule has 5 heteroatoms. The molecule has 1 aromatic carbocycles. The Bertz CT molecular complexity index is 505. The molecule has 0 bridgehead atoms. The SMILES string of the molecule is CC[C@@H](N)C(=O)Nc1ccc2[nH]ncc2c1. The standard InChI is InChI=1S/C11H14N4O/c1-2-9(12)11(16)14-8-3-4-10-7(5-8)6-13-15-10/h3-6,9H,2,12H2,1H3,(H,13,15)(H,14,16)/t9-/m1/s1. The molecule has 1 aromatic heterocycles. The van der Waals surface area contributed by atoms with Gasteiger partial charge in [0.15, 0.2) is 0 Å². The molecule has 0 aliphatic rings. The molecule has 84 valence electrons. The highest BCUT2D eigenvalue weighted by Crippen LogP contribution is 2.16. The largest absolute Gasteiger partial charge is 0.325 e. The Balaban J connectivity index is 2.17. The van der Waals surface area contributed by atoms with Crippen LogP contribution in [0.15, 0.2) is 24.4 Å². The number of carbonyl (C=O) groups excluding carboxylic acids is 1. The Hall–Kier alpha value is -1.88. The first-order valence-electron chi connectivity index (χ1n) is 5.20. The minimum atomic E-state index is -0.458. The van der Waals surface area contributed by atoms with Crippen LogP contribution in [0.5, 0.6) is 0 Å². The molecule has 1 amide bonds. The summed E-state index contributed by atoms with van der Waals surface area (Å²) >= 11 is 0. The van der Waals surface area contributed by atoms with Crippen LogP contribution in [0.4, 0.5) is 5.69 Å². The first-order chi connectivity index (χ1) is 7.70. The molecular weight excluding hydrogens is 204 g/mol. The van der Waals surface area contributed by atoms with E-state index in [1.54, 1.807) is 6.20 Å². The molecule has 0 fully saturated rings. The van der Waals surface area contributed by atoms with Gasteiger partial charge in [-0.05, 0) is 24.6 Å². The number of carbonyl (C=O) groups is 1. The van der Waals surface area contributed by atoms with Gasteiger partial charge in [-0.15, -0.1) is 0 Å². The second-order valence-corrected chi connectivity index (χ2v) is 3.68. The maximum atomic E-state index is 11.6. The van der Waals surface area contributed by atoms with Crippen molar-refractivity contribution in [2.75, 3.05) is 5.32 Å². The zero-order valence-corrected chi connectivity index (χ0v) is 9.03. The van der Waals surface area contributed by atoms with E-state index in [0.717, 1.165) is 16.6 Å². The van der Waals surface area contributed by atoms with Gasteiger partial charge in [-0.2, -0.15) is 5.10 Å². The van der Waals surface area contributed by atoms with Gasteiger partial charge in [0.05, 0.1) is 17.8 Å². The van der Waals surface area contributed by atoms with Crippen LogP contribution in [0.25, 0.3) is 10.9 Å². The van der Waals surface area contributed by atoms with E-state index < -0.39 is 6.04 Å². The average molecular weight is 218 g/mol. The molecule has 0 radical (unpaired) electrons. The van der Waals surface area contributed by atoms with E-state index in [1.807, 2.05) is 25.1 Å². The van der Waals surface area contributed by atoms with Gasteiger partial charge in [0.1, 0.15) is 0 Å². The molecule has 0 saturated heterocycles. The van der Waals surface area contributed by atoms with Crippen molar-refractivity contribution in [2.45, 2.75) is 19.4 Å². The predicted octanol–water partition coefficient (Wildman–Crippen LogP) is 1.24. The third-order valence-electron chi connectivity index (χ3n) is 2.48. The summed E-state index contributed by atoms with van der Waals surface area (Å²) in [6.07, 6.45) is 2.34. The van der Waals surface area contributed by atoms with E-state index in [0.29, 0.717) is 6.42 Å². The van der Waals surface area contributed by atoms with Crippen LogP contribution in [0.2, 0.25) is 0 Å². The van der Waals surface area contributed by atoms with Crippen LogP contribution in [-0.4, -0.2) is 22.1 Å². The lowest BCUT2D eigenvalue weighted by atomic mass is 10.2. The molecule has 0 aliphatic heterocycles. The van der Waals surface area contributed by atoms with E-state index in [9.17, 15) is 4.79 Å². The number of aromatic nitrogens is 2. The lowest BCUT2D eigenvalue weighted by Crippen LogP contribution is -2.34. The molecule has 4 N–H and O–H groups in total. The van der Waals surface area contributed by atoms with Gasteiger partial charge in [0, 0.05) is 11.1 Å². The number of hydrogen-bond acceptors (Lipinski definition) is 3. The Morgan fingerprint density at radius 3 is 3.19 bits per heavy atom. The Labute approximate surface area is 93.0 Å². The van der Waals surface area contributed by atoms with Gasteiger partial charge in [-0.1, -0.05) is 6.92 Å². The van der Waals surface area contributed by atoms with Gasteiger partial charge in [-0.3, -0.25) is 9.89 Å². The number of rotatable bonds is 3. The van der Waals surface area contributed by atoms with E-state index in [-0.39, 0.29) is 5.91 Å². The molecule has 2 rings (SSSR count). The summed E-state index contributed by atoms with van der Waals surface area (Å²) in [6, 6.07) is 5.09. The summed E-state index contributed by atoms with van der Waals surface area (Å²) < 4.78 is 0. The molecule has 1 heterocycles. The number of nitrogens with one attached hydrogen (secondary N) is 2. The molecule has 16 heavy (non-hydrogen) atoms. The molecule has 0 unspecified atom stereocenters. The lowest BCUT2D eigenvalue weighted by Gasteiger charge is -2.09. The zero-order valence-electron chi connectivity index (χ0n) is 9.03. The quantitative estimate of drug-likeness (QED) is 0.724. The normalized spacial score (nSPS) is 12.6. The van der Waals surface area contributed by atoms with E-state index in [4.69, 9.17) is 5.73 Å². The fourth-order valence-corrected chi connectivity index (χ4v) is 1.44. The number of benzene rings is 1. The van der Waals surface area contributed by atoms with Crippen LogP contribution in [0, 0.1) is 0 Å². The number of hydrogen-bond donors (Lipinski definition) is 3. The van der Waals surface area contributed by atoms with E-state index >= 15 is 0 Å². The van der Waals surface area contributed by atoms with Crippen LogP contribution in [-0.2, 0) is 4.79 Å². The fourth-order valence-electron chi connectivity index (χ4n) is 1.44. The summed E-state index contributed by atoms with van der Waals surface area (Å²) in [7, 11) is 0. The molecule has 0 aliphatic carbocycles. The van der Waals surface area contributed by atoms with Crippen molar-refractivity contribution in [3.05, 3.63) is 24.4 Å². The number of nitrogens with zero attached hydrogens (tertiary/aromatic N) is 1. The number of nitrogens with two attached hydrogens (primary N) is 1. The number of H-pyrrole nitrogens is 1. The van der Waals surface area contributed by atoms with E-state index in [1.165, 1.54) is 0 Å². The minimum Gasteiger partial charge on any atom is -0.325 e. The van der Waals surface area contributed by atoms with Gasteiger partial charge in [0.2, 0.25) is 5.91 Å². The fraction of sp³-hybridized carbons (Fsp3) is 0.273. The lowest BCUT2D eigenvalue weighted by molar-refractivity contribution is -0.117. The van der Waals surface area contributed by atoms with Crippen molar-refractivity contribution < 1.29 is 4.79 Å². The number of aromatic amines is 1. The van der Waals surface area contributed by atoms with Crippen molar-refractivity contribution in [2.24, 2.45) is 5.73 Å². The molecular formula is C11H14N4O. The average Bonchev–Trinajstić information content (AvgIpc) is 2.75. The molecule has 2 aromatic rings. The van der Waals surface area contributed by atoms with Crippen LogP contribution in [0.1, 0.15) is 13.3 Å². The summed E-state index contributed by atoms with van der Waals surface area (Å²) in [4.78, 5) is 11.6. The Morgan fingerprint density at radius 1 is 1.62 bits per heavy atom. The van der Waals surface area contributed by atoms with Gasteiger partial charge >= 0.3 is 0 Å². The smallest absolute Gasteiger partial charge is 0.241 e. The molecule has 0 spiro atoms. The number of anilines is 1. The first-order valence-corrected chi connectivity index (χ1v) is 5.20. The molecule has 0 saturated carbocycles. The van der Waals surface area contributed by atoms with Crippen molar-refractivity contribution in [3.8, 4) is 0 Å². The van der Waals surface area contributed by atoms with Crippen LogP contribution in [0.3, 0.4) is 0 Å². The van der Waals surface area contributed by atoms with Crippen molar-refractivity contribution >= 4 is 22.5 Å². The molecule has 5 nitrogen and oxygen atoms in total. The first kappa shape index (κ1) is 10.6. The summed E-state index contributed by atoms with van der Waals surface area (Å²) in [5, 5.41) is 10.5. The number of amides is 1.